The topological polar surface area (TPSA) is 186 Å². The van der Waals surface area contributed by atoms with Crippen molar-refractivity contribution >= 4 is 5.78 Å². The van der Waals surface area contributed by atoms with Crippen LogP contribution in [0.2, 0.25) is 0 Å². The Bertz CT molecular complexity index is 1020. The van der Waals surface area contributed by atoms with Gasteiger partial charge in [-0.1, -0.05) is 6.07 Å². The highest BCUT2D eigenvalue weighted by Gasteiger charge is 2.45. The molecule has 32 heavy (non-hydrogen) atoms. The molecule has 0 amide bonds. The Morgan fingerprint density at radius 1 is 0.938 bits per heavy atom. The Morgan fingerprint density at radius 3 is 2.38 bits per heavy atom. The van der Waals surface area contributed by atoms with Gasteiger partial charge in [0.2, 0.25) is 6.29 Å². The van der Waals surface area contributed by atoms with Crippen LogP contribution in [0.15, 0.2) is 30.3 Å². The molecule has 4 rings (SSSR count). The number of hydrogen-bond donors (Lipinski definition) is 7. The number of benzene rings is 2. The second-order valence-corrected chi connectivity index (χ2v) is 7.61. The third kappa shape index (κ3) is 3.92. The Hall–Kier alpha value is -3.09. The third-order valence-electron chi connectivity index (χ3n) is 5.45. The summed E-state index contributed by atoms with van der Waals surface area (Å²) in [5, 5.41) is 68.8. The number of hydrogen-bond acceptors (Lipinski definition) is 11. The van der Waals surface area contributed by atoms with Crippen molar-refractivity contribution in [1.29, 1.82) is 0 Å². The van der Waals surface area contributed by atoms with Crippen LogP contribution in [-0.2, 0) is 4.74 Å². The quantitative estimate of drug-likeness (QED) is 0.303. The summed E-state index contributed by atoms with van der Waals surface area (Å²) in [5.74, 6) is -1.69. The molecule has 0 aliphatic carbocycles. The van der Waals surface area contributed by atoms with Crippen LogP contribution in [0.25, 0.3) is 0 Å². The Labute approximate surface area is 181 Å². The first-order chi connectivity index (χ1) is 15.2. The summed E-state index contributed by atoms with van der Waals surface area (Å²) in [6, 6.07) is 6.37. The molecule has 0 spiro atoms. The lowest BCUT2D eigenvalue weighted by molar-refractivity contribution is -0.277. The van der Waals surface area contributed by atoms with Gasteiger partial charge < -0.3 is 50.0 Å². The summed E-state index contributed by atoms with van der Waals surface area (Å²) < 4.78 is 16.6. The molecule has 7 N–H and O–H groups in total. The van der Waals surface area contributed by atoms with Crippen LogP contribution in [-0.4, -0.2) is 78.8 Å². The average Bonchev–Trinajstić information content (AvgIpc) is 2.75. The molecule has 1 saturated heterocycles. The third-order valence-corrected chi connectivity index (χ3v) is 5.45. The molecule has 0 saturated carbocycles. The fourth-order valence-corrected chi connectivity index (χ4v) is 3.71. The molecule has 6 atom stereocenters. The molecular weight excluding hydrogens is 428 g/mol. The number of rotatable bonds is 4. The monoisotopic (exact) mass is 450 g/mol. The van der Waals surface area contributed by atoms with E-state index in [9.17, 15) is 40.5 Å². The van der Waals surface area contributed by atoms with Crippen LogP contribution in [0.1, 0.15) is 28.4 Å². The van der Waals surface area contributed by atoms with E-state index in [2.05, 4.69) is 0 Å². The predicted octanol–water partition coefficient (Wildman–Crippen LogP) is -0.311. The highest BCUT2D eigenvalue weighted by molar-refractivity contribution is 6.02. The SMILES string of the molecule is O=C1C[C@@H](c2ccc(O)c(O)c2)Oc2cc(O[C@H]3O[C@H](CO)[C@@H](O)[C@H](O)[C@H]3O)cc(O)c21. The highest BCUT2D eigenvalue weighted by Crippen LogP contribution is 2.43. The number of carbonyl (C=O) groups excluding carboxylic acids is 1. The molecule has 0 unspecified atom stereocenters. The summed E-state index contributed by atoms with van der Waals surface area (Å²) in [7, 11) is 0. The van der Waals surface area contributed by atoms with Gasteiger partial charge in [0.15, 0.2) is 17.3 Å². The Kier molecular flexibility index (Phi) is 5.84. The lowest BCUT2D eigenvalue weighted by Crippen LogP contribution is -2.60. The maximum Gasteiger partial charge on any atom is 0.229 e. The van der Waals surface area contributed by atoms with Gasteiger partial charge in [-0.05, 0) is 17.7 Å². The molecule has 2 heterocycles. The molecule has 11 heteroatoms. The number of aromatic hydroxyl groups is 3. The minimum atomic E-state index is -1.67. The van der Waals surface area contributed by atoms with E-state index in [1.54, 1.807) is 0 Å². The van der Waals surface area contributed by atoms with E-state index in [0.717, 1.165) is 6.07 Å². The van der Waals surface area contributed by atoms with Crippen molar-refractivity contribution in [2.45, 2.75) is 43.2 Å². The van der Waals surface area contributed by atoms with Crippen LogP contribution < -0.4 is 9.47 Å². The second-order valence-electron chi connectivity index (χ2n) is 7.61. The molecule has 2 aromatic rings. The maximum absolute atomic E-state index is 12.6. The lowest BCUT2D eigenvalue weighted by Gasteiger charge is -2.39. The molecule has 0 bridgehead atoms. The van der Waals surface area contributed by atoms with E-state index in [0.29, 0.717) is 5.56 Å². The molecule has 2 aliphatic heterocycles. The lowest BCUT2D eigenvalue weighted by atomic mass is 9.95. The zero-order valence-electron chi connectivity index (χ0n) is 16.5. The summed E-state index contributed by atoms with van der Waals surface area (Å²) in [6.07, 6.45) is -8.50. The van der Waals surface area contributed by atoms with Crippen molar-refractivity contribution in [2.75, 3.05) is 6.61 Å². The number of Topliss-reactive ketones (excluding diaryl/α,β-unsaturated/α-hetero) is 1. The van der Waals surface area contributed by atoms with E-state index < -0.39 is 54.9 Å². The van der Waals surface area contributed by atoms with Gasteiger partial charge in [-0.3, -0.25) is 4.79 Å². The fourth-order valence-electron chi connectivity index (χ4n) is 3.71. The van der Waals surface area contributed by atoms with Crippen molar-refractivity contribution in [2.24, 2.45) is 0 Å². The minimum Gasteiger partial charge on any atom is -0.507 e. The summed E-state index contributed by atoms with van der Waals surface area (Å²) >= 11 is 0. The molecule has 2 aliphatic rings. The predicted molar refractivity (Wildman–Crippen MR) is 105 cm³/mol. The first-order valence-electron chi connectivity index (χ1n) is 9.75. The summed E-state index contributed by atoms with van der Waals surface area (Å²) in [5.41, 5.74) is 0.337. The van der Waals surface area contributed by atoms with Crippen LogP contribution >= 0.6 is 0 Å². The van der Waals surface area contributed by atoms with Gasteiger partial charge >= 0.3 is 0 Å². The molecule has 0 aromatic heterocycles. The number of carbonyl (C=O) groups is 1. The Morgan fingerprint density at radius 2 is 1.69 bits per heavy atom. The smallest absolute Gasteiger partial charge is 0.229 e. The van der Waals surface area contributed by atoms with Gasteiger partial charge in [0, 0.05) is 12.1 Å². The van der Waals surface area contributed by atoms with Gasteiger partial charge in [-0.25, -0.2) is 0 Å². The van der Waals surface area contributed by atoms with Gasteiger partial charge in [-0.15, -0.1) is 0 Å². The number of fused-ring (bicyclic) bond motifs is 1. The summed E-state index contributed by atoms with van der Waals surface area (Å²) in [6.45, 7) is -0.640. The second kappa shape index (κ2) is 8.45. The number of aliphatic hydroxyl groups excluding tert-OH is 4. The molecule has 0 radical (unpaired) electrons. The van der Waals surface area contributed by atoms with Crippen LogP contribution in [0, 0.1) is 0 Å². The van der Waals surface area contributed by atoms with Gasteiger partial charge in [0.05, 0.1) is 13.0 Å². The van der Waals surface area contributed by atoms with E-state index in [1.807, 2.05) is 0 Å². The van der Waals surface area contributed by atoms with Crippen molar-refractivity contribution in [3.8, 4) is 28.7 Å². The average molecular weight is 450 g/mol. The first-order valence-corrected chi connectivity index (χ1v) is 9.75. The van der Waals surface area contributed by atoms with Crippen LogP contribution in [0.5, 0.6) is 28.7 Å². The van der Waals surface area contributed by atoms with Crippen molar-refractivity contribution < 1.29 is 54.8 Å². The molecular formula is C21H22O11. The van der Waals surface area contributed by atoms with Gasteiger partial charge in [0.25, 0.3) is 0 Å². The molecule has 2 aromatic carbocycles. The zero-order valence-corrected chi connectivity index (χ0v) is 16.5. The van der Waals surface area contributed by atoms with Crippen molar-refractivity contribution in [3.05, 3.63) is 41.5 Å². The van der Waals surface area contributed by atoms with E-state index in [-0.39, 0.29) is 35.0 Å². The first kappa shape index (κ1) is 22.1. The minimum absolute atomic E-state index is 0.0293. The van der Waals surface area contributed by atoms with Crippen molar-refractivity contribution in [3.63, 3.8) is 0 Å². The zero-order chi connectivity index (χ0) is 23.2. The van der Waals surface area contributed by atoms with Crippen molar-refractivity contribution in [1.82, 2.24) is 0 Å². The Balaban J connectivity index is 1.60. The van der Waals surface area contributed by atoms with Gasteiger partial charge in [-0.2, -0.15) is 0 Å². The van der Waals surface area contributed by atoms with E-state index >= 15 is 0 Å². The highest BCUT2D eigenvalue weighted by atomic mass is 16.7. The fraction of sp³-hybridized carbons (Fsp3) is 0.381. The number of aliphatic hydroxyl groups is 4. The number of phenols is 3. The standard InChI is InChI=1S/C21H22O11/c22-7-16-18(27)19(28)20(29)21(32-16)30-9-4-12(25)17-13(26)6-14(31-15(17)5-9)8-1-2-10(23)11(24)3-8/h1-5,14,16,18-25,27-29H,6-7H2/t14-,16+,18+,19-,20+,21-/m0/s1. The number of phenolic OH excluding ortho intramolecular Hbond substituents is 3. The maximum atomic E-state index is 12.6. The number of ketones is 1. The van der Waals surface area contributed by atoms with Gasteiger partial charge in [0.1, 0.15) is 53.3 Å². The van der Waals surface area contributed by atoms with E-state index in [4.69, 9.17) is 14.2 Å². The van der Waals surface area contributed by atoms with E-state index in [1.165, 1.54) is 24.3 Å². The molecule has 1 fully saturated rings. The normalized spacial score (nSPS) is 29.8. The van der Waals surface area contributed by atoms with Crippen LogP contribution in [0.4, 0.5) is 0 Å². The molecule has 11 nitrogen and oxygen atoms in total. The largest absolute Gasteiger partial charge is 0.507 e. The summed E-state index contributed by atoms with van der Waals surface area (Å²) in [4.78, 5) is 12.6. The molecule has 172 valence electrons. The van der Waals surface area contributed by atoms with Crippen LogP contribution in [0.3, 0.4) is 0 Å². The number of ether oxygens (including phenoxy) is 3.